The standard InChI is InChI=1S/C17H17FN4O2/c1-12(16-4-3-9-24-16)21(2)17(23)15-11-22(20-19-15)10-13-5-7-14(18)8-6-13/h3-9,11-12H,10H2,1-2H3/t12-/m0/s1. The van der Waals surface area contributed by atoms with E-state index in [2.05, 4.69) is 10.3 Å². The highest BCUT2D eigenvalue weighted by Crippen LogP contribution is 2.20. The van der Waals surface area contributed by atoms with Crippen molar-refractivity contribution in [1.82, 2.24) is 19.9 Å². The van der Waals surface area contributed by atoms with Gasteiger partial charge in [0.15, 0.2) is 5.69 Å². The van der Waals surface area contributed by atoms with Gasteiger partial charge in [-0.1, -0.05) is 17.3 Å². The molecule has 0 N–H and O–H groups in total. The van der Waals surface area contributed by atoms with Crippen LogP contribution in [0.25, 0.3) is 0 Å². The van der Waals surface area contributed by atoms with Crippen molar-refractivity contribution in [3.05, 3.63) is 71.7 Å². The third kappa shape index (κ3) is 3.34. The molecule has 0 unspecified atom stereocenters. The molecule has 0 bridgehead atoms. The van der Waals surface area contributed by atoms with E-state index in [9.17, 15) is 9.18 Å². The Morgan fingerprint density at radius 3 is 2.75 bits per heavy atom. The number of hydrogen-bond acceptors (Lipinski definition) is 4. The number of furan rings is 1. The van der Waals surface area contributed by atoms with Gasteiger partial charge in [-0.2, -0.15) is 0 Å². The minimum Gasteiger partial charge on any atom is -0.467 e. The predicted molar refractivity (Wildman–Crippen MR) is 84.7 cm³/mol. The molecule has 2 aromatic heterocycles. The molecule has 0 radical (unpaired) electrons. The van der Waals surface area contributed by atoms with Gasteiger partial charge in [0.05, 0.1) is 25.0 Å². The van der Waals surface area contributed by atoms with Crippen molar-refractivity contribution >= 4 is 5.91 Å². The van der Waals surface area contributed by atoms with E-state index in [4.69, 9.17) is 4.42 Å². The molecule has 1 amide bonds. The first-order valence-electron chi connectivity index (χ1n) is 7.49. The predicted octanol–water partition coefficient (Wildman–Crippen LogP) is 2.89. The van der Waals surface area contributed by atoms with Crippen LogP contribution in [-0.2, 0) is 6.54 Å². The van der Waals surface area contributed by atoms with Crippen molar-refractivity contribution in [1.29, 1.82) is 0 Å². The number of carbonyl (C=O) groups is 1. The Morgan fingerprint density at radius 2 is 2.08 bits per heavy atom. The van der Waals surface area contributed by atoms with Gasteiger partial charge in [-0.15, -0.1) is 5.10 Å². The summed E-state index contributed by atoms with van der Waals surface area (Å²) in [5.41, 5.74) is 1.12. The van der Waals surface area contributed by atoms with Crippen LogP contribution in [0.3, 0.4) is 0 Å². The normalized spacial score (nSPS) is 12.1. The average molecular weight is 328 g/mol. The molecule has 0 saturated heterocycles. The summed E-state index contributed by atoms with van der Waals surface area (Å²) in [6.07, 6.45) is 3.15. The number of hydrogen-bond donors (Lipinski definition) is 0. The van der Waals surface area contributed by atoms with E-state index in [1.54, 1.807) is 47.3 Å². The van der Waals surface area contributed by atoms with Gasteiger partial charge in [0, 0.05) is 7.05 Å². The van der Waals surface area contributed by atoms with Crippen LogP contribution in [0.1, 0.15) is 34.8 Å². The zero-order chi connectivity index (χ0) is 17.1. The molecule has 0 aliphatic carbocycles. The minimum atomic E-state index is -0.290. The molecule has 24 heavy (non-hydrogen) atoms. The number of nitrogens with zero attached hydrogens (tertiary/aromatic N) is 4. The van der Waals surface area contributed by atoms with Crippen LogP contribution in [0.4, 0.5) is 4.39 Å². The van der Waals surface area contributed by atoms with Crippen LogP contribution in [0, 0.1) is 5.82 Å². The Kier molecular flexibility index (Phi) is 4.41. The van der Waals surface area contributed by atoms with Crippen molar-refractivity contribution in [2.45, 2.75) is 19.5 Å². The van der Waals surface area contributed by atoms with Crippen LogP contribution in [0.5, 0.6) is 0 Å². The van der Waals surface area contributed by atoms with Gasteiger partial charge in [0.2, 0.25) is 0 Å². The third-order valence-corrected chi connectivity index (χ3v) is 3.87. The maximum atomic E-state index is 12.9. The quantitative estimate of drug-likeness (QED) is 0.722. The first-order chi connectivity index (χ1) is 11.5. The molecule has 6 nitrogen and oxygen atoms in total. The van der Waals surface area contributed by atoms with E-state index in [0.29, 0.717) is 12.3 Å². The van der Waals surface area contributed by atoms with Crippen LogP contribution in [0.15, 0.2) is 53.3 Å². The van der Waals surface area contributed by atoms with Crippen molar-refractivity contribution in [2.75, 3.05) is 7.05 Å². The summed E-state index contributed by atoms with van der Waals surface area (Å²) in [7, 11) is 1.69. The Balaban J connectivity index is 1.70. The molecule has 7 heteroatoms. The third-order valence-electron chi connectivity index (χ3n) is 3.87. The van der Waals surface area contributed by atoms with E-state index in [0.717, 1.165) is 5.56 Å². The van der Waals surface area contributed by atoms with Crippen molar-refractivity contribution in [3.63, 3.8) is 0 Å². The minimum absolute atomic E-state index is 0.213. The molecule has 0 fully saturated rings. The lowest BCUT2D eigenvalue weighted by Gasteiger charge is -2.22. The number of benzene rings is 1. The topological polar surface area (TPSA) is 64.2 Å². The molecular weight excluding hydrogens is 311 g/mol. The summed E-state index contributed by atoms with van der Waals surface area (Å²) in [6.45, 7) is 2.29. The fourth-order valence-electron chi connectivity index (χ4n) is 2.33. The Morgan fingerprint density at radius 1 is 1.33 bits per heavy atom. The zero-order valence-corrected chi connectivity index (χ0v) is 13.4. The zero-order valence-electron chi connectivity index (χ0n) is 13.4. The van der Waals surface area contributed by atoms with Crippen molar-refractivity contribution in [3.8, 4) is 0 Å². The summed E-state index contributed by atoms with van der Waals surface area (Å²) >= 11 is 0. The first kappa shape index (κ1) is 15.9. The fraction of sp³-hybridized carbons (Fsp3) is 0.235. The number of halogens is 1. The second kappa shape index (κ2) is 6.66. The van der Waals surface area contributed by atoms with Gasteiger partial charge < -0.3 is 9.32 Å². The molecule has 2 heterocycles. The highest BCUT2D eigenvalue weighted by atomic mass is 19.1. The summed E-state index contributed by atoms with van der Waals surface area (Å²) in [6, 6.07) is 9.50. The Bertz CT molecular complexity index is 812. The van der Waals surface area contributed by atoms with Gasteiger partial charge in [0.1, 0.15) is 11.6 Å². The maximum absolute atomic E-state index is 12.9. The SMILES string of the molecule is C[C@@H](c1ccco1)N(C)C(=O)c1cn(Cc2ccc(F)cc2)nn1. The van der Waals surface area contributed by atoms with Gasteiger partial charge in [-0.05, 0) is 36.8 Å². The lowest BCUT2D eigenvalue weighted by atomic mass is 10.2. The van der Waals surface area contributed by atoms with E-state index >= 15 is 0 Å². The molecule has 0 aliphatic heterocycles. The lowest BCUT2D eigenvalue weighted by molar-refractivity contribution is 0.0720. The molecular formula is C17H17FN4O2. The van der Waals surface area contributed by atoms with E-state index < -0.39 is 0 Å². The number of aromatic nitrogens is 3. The molecule has 124 valence electrons. The number of rotatable bonds is 5. The molecule has 0 spiro atoms. The Hall–Kier alpha value is -2.96. The molecule has 1 aromatic carbocycles. The van der Waals surface area contributed by atoms with Crippen LogP contribution >= 0.6 is 0 Å². The second-order valence-corrected chi connectivity index (χ2v) is 5.54. The summed E-state index contributed by atoms with van der Waals surface area (Å²) in [5.74, 6) is 0.163. The van der Waals surface area contributed by atoms with Crippen LogP contribution in [-0.4, -0.2) is 32.8 Å². The second-order valence-electron chi connectivity index (χ2n) is 5.54. The van der Waals surface area contributed by atoms with Crippen LogP contribution < -0.4 is 0 Å². The van der Waals surface area contributed by atoms with Gasteiger partial charge >= 0.3 is 0 Å². The molecule has 3 aromatic rings. The highest BCUT2D eigenvalue weighted by molar-refractivity contribution is 5.91. The summed E-state index contributed by atoms with van der Waals surface area (Å²) in [4.78, 5) is 14.1. The average Bonchev–Trinajstić information content (AvgIpc) is 3.26. The van der Waals surface area contributed by atoms with Crippen LogP contribution in [0.2, 0.25) is 0 Å². The first-order valence-corrected chi connectivity index (χ1v) is 7.49. The van der Waals surface area contributed by atoms with E-state index in [-0.39, 0.29) is 23.5 Å². The van der Waals surface area contributed by atoms with Gasteiger partial charge in [-0.3, -0.25) is 4.79 Å². The smallest absolute Gasteiger partial charge is 0.276 e. The molecule has 0 aliphatic rings. The summed E-state index contributed by atoms with van der Waals surface area (Å²) < 4.78 is 19.8. The Labute approximate surface area is 138 Å². The fourth-order valence-corrected chi connectivity index (χ4v) is 2.33. The van der Waals surface area contributed by atoms with Gasteiger partial charge in [-0.25, -0.2) is 9.07 Å². The largest absolute Gasteiger partial charge is 0.467 e. The molecule has 1 atom stereocenters. The maximum Gasteiger partial charge on any atom is 0.276 e. The number of amides is 1. The van der Waals surface area contributed by atoms with Gasteiger partial charge in [0.25, 0.3) is 5.91 Å². The molecule has 3 rings (SSSR count). The van der Waals surface area contributed by atoms with E-state index in [1.165, 1.54) is 12.1 Å². The highest BCUT2D eigenvalue weighted by Gasteiger charge is 2.23. The number of carbonyl (C=O) groups excluding carboxylic acids is 1. The van der Waals surface area contributed by atoms with Crippen molar-refractivity contribution < 1.29 is 13.6 Å². The van der Waals surface area contributed by atoms with Crippen molar-refractivity contribution in [2.24, 2.45) is 0 Å². The summed E-state index contributed by atoms with van der Waals surface area (Å²) in [5, 5.41) is 7.89. The lowest BCUT2D eigenvalue weighted by Crippen LogP contribution is -2.29. The van der Waals surface area contributed by atoms with E-state index in [1.807, 2.05) is 13.0 Å². The molecule has 0 saturated carbocycles. The monoisotopic (exact) mass is 328 g/mol.